The number of nitrogens with zero attached hydrogens (tertiary/aromatic N) is 2. The van der Waals surface area contributed by atoms with Crippen LogP contribution in [0.25, 0.3) is 10.1 Å². The number of fused-ring (bicyclic) bond motifs is 1. The van der Waals surface area contributed by atoms with E-state index in [1.807, 2.05) is 0 Å². The number of thiophene rings is 1. The number of nitrogens with two attached hydrogens (primary N) is 1. The molecule has 1 aliphatic heterocycles. The Balaban J connectivity index is 2.00. The lowest BCUT2D eigenvalue weighted by molar-refractivity contribution is -0.127. The van der Waals surface area contributed by atoms with E-state index >= 15 is 0 Å². The standard InChI is InChI=1S/C14H14FN3O2S/c15-10-4-1-3-9-11(8-21-13(9)10)17-5-2-6-18(14(17)20)12(19)7-16/h1,3-4,8H,2,5-7,16H2. The Kier molecular flexibility index (Phi) is 3.60. The Morgan fingerprint density at radius 2 is 2.19 bits per heavy atom. The Morgan fingerprint density at radius 1 is 1.38 bits per heavy atom. The number of amides is 3. The van der Waals surface area contributed by atoms with Crippen LogP contribution < -0.4 is 10.6 Å². The highest BCUT2D eigenvalue weighted by Crippen LogP contribution is 2.35. The second-order valence-electron chi connectivity index (χ2n) is 4.77. The number of anilines is 1. The molecule has 5 nitrogen and oxygen atoms in total. The molecule has 3 amide bonds. The summed E-state index contributed by atoms with van der Waals surface area (Å²) in [5.41, 5.74) is 5.98. The number of imide groups is 1. The van der Waals surface area contributed by atoms with Gasteiger partial charge in [-0.25, -0.2) is 9.18 Å². The maximum absolute atomic E-state index is 13.7. The minimum atomic E-state index is -0.393. The summed E-state index contributed by atoms with van der Waals surface area (Å²) in [6.07, 6.45) is 0.671. The van der Waals surface area contributed by atoms with E-state index in [0.29, 0.717) is 35.3 Å². The summed E-state index contributed by atoms with van der Waals surface area (Å²) in [6, 6.07) is 4.40. The van der Waals surface area contributed by atoms with Crippen molar-refractivity contribution in [2.24, 2.45) is 5.73 Å². The van der Waals surface area contributed by atoms with Gasteiger partial charge in [0.05, 0.1) is 16.9 Å². The topological polar surface area (TPSA) is 66.6 Å². The van der Waals surface area contributed by atoms with Crippen LogP contribution >= 0.6 is 11.3 Å². The van der Waals surface area contributed by atoms with Gasteiger partial charge in [-0.2, -0.15) is 0 Å². The monoisotopic (exact) mass is 307 g/mol. The van der Waals surface area contributed by atoms with Crippen LogP contribution in [0.4, 0.5) is 14.9 Å². The highest BCUT2D eigenvalue weighted by atomic mass is 32.1. The van der Waals surface area contributed by atoms with Crippen molar-refractivity contribution in [1.29, 1.82) is 0 Å². The molecule has 2 aromatic rings. The molecular weight excluding hydrogens is 293 g/mol. The number of carbonyl (C=O) groups excluding carboxylic acids is 2. The van der Waals surface area contributed by atoms with Gasteiger partial charge in [0.25, 0.3) is 0 Å². The molecule has 7 heteroatoms. The molecule has 0 radical (unpaired) electrons. The first-order valence-corrected chi connectivity index (χ1v) is 7.49. The second-order valence-corrected chi connectivity index (χ2v) is 5.65. The molecule has 1 aromatic carbocycles. The Bertz CT molecular complexity index is 715. The number of hydrogen-bond acceptors (Lipinski definition) is 4. The number of benzene rings is 1. The molecule has 3 rings (SSSR count). The molecule has 0 atom stereocenters. The van der Waals surface area contributed by atoms with Crippen molar-refractivity contribution >= 4 is 39.0 Å². The van der Waals surface area contributed by atoms with E-state index in [4.69, 9.17) is 5.73 Å². The van der Waals surface area contributed by atoms with Gasteiger partial charge in [0, 0.05) is 23.9 Å². The van der Waals surface area contributed by atoms with E-state index in [0.717, 1.165) is 4.90 Å². The number of rotatable bonds is 2. The van der Waals surface area contributed by atoms with Crippen molar-refractivity contribution in [1.82, 2.24) is 4.90 Å². The van der Waals surface area contributed by atoms with Crippen LogP contribution in [-0.2, 0) is 4.79 Å². The maximum Gasteiger partial charge on any atom is 0.331 e. The van der Waals surface area contributed by atoms with Crippen LogP contribution in [0.1, 0.15) is 6.42 Å². The zero-order chi connectivity index (χ0) is 15.0. The Morgan fingerprint density at radius 3 is 2.95 bits per heavy atom. The van der Waals surface area contributed by atoms with Gasteiger partial charge in [-0.05, 0) is 12.5 Å². The number of carbonyl (C=O) groups is 2. The van der Waals surface area contributed by atoms with Gasteiger partial charge in [0.15, 0.2) is 0 Å². The largest absolute Gasteiger partial charge is 0.331 e. The average molecular weight is 307 g/mol. The van der Waals surface area contributed by atoms with E-state index in [9.17, 15) is 14.0 Å². The lowest BCUT2D eigenvalue weighted by Gasteiger charge is -2.33. The van der Waals surface area contributed by atoms with Crippen molar-refractivity contribution in [2.45, 2.75) is 6.42 Å². The van der Waals surface area contributed by atoms with Crippen LogP contribution in [0.3, 0.4) is 0 Å². The van der Waals surface area contributed by atoms with Crippen LogP contribution in [-0.4, -0.2) is 36.5 Å². The summed E-state index contributed by atoms with van der Waals surface area (Å²) in [4.78, 5) is 26.8. The van der Waals surface area contributed by atoms with Gasteiger partial charge in [-0.15, -0.1) is 11.3 Å². The third-order valence-corrected chi connectivity index (χ3v) is 4.51. The quantitative estimate of drug-likeness (QED) is 0.924. The Labute approximate surface area is 124 Å². The van der Waals surface area contributed by atoms with Crippen molar-refractivity contribution in [2.75, 3.05) is 24.5 Å². The van der Waals surface area contributed by atoms with Crippen molar-refractivity contribution in [3.05, 3.63) is 29.4 Å². The zero-order valence-corrected chi connectivity index (χ0v) is 12.0. The van der Waals surface area contributed by atoms with E-state index in [1.165, 1.54) is 22.3 Å². The summed E-state index contributed by atoms with van der Waals surface area (Å²) >= 11 is 1.25. The fraction of sp³-hybridized carbons (Fsp3) is 0.286. The Hall–Kier alpha value is -1.99. The SMILES string of the molecule is NCC(=O)N1CCCN(c2csc3c(F)cccc23)C1=O. The summed E-state index contributed by atoms with van der Waals surface area (Å²) in [7, 11) is 0. The first kappa shape index (κ1) is 14.0. The molecule has 0 aliphatic carbocycles. The molecular formula is C14H14FN3O2S. The predicted molar refractivity (Wildman–Crippen MR) is 79.9 cm³/mol. The van der Waals surface area contributed by atoms with E-state index in [1.54, 1.807) is 17.5 Å². The smallest absolute Gasteiger partial charge is 0.322 e. The van der Waals surface area contributed by atoms with Gasteiger partial charge in [0.2, 0.25) is 5.91 Å². The minimum absolute atomic E-state index is 0.196. The van der Waals surface area contributed by atoms with Crippen molar-refractivity contribution < 1.29 is 14.0 Å². The van der Waals surface area contributed by atoms with Crippen molar-refractivity contribution in [3.63, 3.8) is 0 Å². The van der Waals surface area contributed by atoms with E-state index in [2.05, 4.69) is 0 Å². The van der Waals surface area contributed by atoms with Crippen LogP contribution in [0.5, 0.6) is 0 Å². The lowest BCUT2D eigenvalue weighted by atomic mass is 10.2. The first-order chi connectivity index (χ1) is 10.1. The number of halogens is 1. The summed E-state index contributed by atoms with van der Waals surface area (Å²) in [6.45, 7) is 0.690. The van der Waals surface area contributed by atoms with Gasteiger partial charge in [-0.1, -0.05) is 12.1 Å². The fourth-order valence-electron chi connectivity index (χ4n) is 2.51. The molecule has 0 unspecified atom stereocenters. The normalized spacial score (nSPS) is 15.8. The second kappa shape index (κ2) is 5.42. The fourth-order valence-corrected chi connectivity index (χ4v) is 3.47. The van der Waals surface area contributed by atoms with Crippen LogP contribution in [0.2, 0.25) is 0 Å². The third-order valence-electron chi connectivity index (χ3n) is 3.52. The highest BCUT2D eigenvalue weighted by Gasteiger charge is 2.31. The molecule has 1 aliphatic rings. The number of hydrogen-bond donors (Lipinski definition) is 1. The third kappa shape index (κ3) is 2.28. The van der Waals surface area contributed by atoms with Gasteiger partial charge in [0.1, 0.15) is 5.82 Å². The molecule has 1 fully saturated rings. The summed E-state index contributed by atoms with van der Waals surface area (Å²) in [5, 5.41) is 2.44. The summed E-state index contributed by atoms with van der Waals surface area (Å²) in [5.74, 6) is -0.696. The van der Waals surface area contributed by atoms with Gasteiger partial charge >= 0.3 is 6.03 Å². The first-order valence-electron chi connectivity index (χ1n) is 6.61. The van der Waals surface area contributed by atoms with Gasteiger partial charge < -0.3 is 5.73 Å². The molecule has 1 aromatic heterocycles. The minimum Gasteiger partial charge on any atom is -0.322 e. The zero-order valence-electron chi connectivity index (χ0n) is 11.2. The molecule has 1 saturated heterocycles. The lowest BCUT2D eigenvalue weighted by Crippen LogP contribution is -2.53. The molecule has 0 bridgehead atoms. The van der Waals surface area contributed by atoms with Crippen LogP contribution in [0, 0.1) is 5.82 Å². The highest BCUT2D eigenvalue weighted by molar-refractivity contribution is 7.17. The molecule has 2 N–H and O–H groups in total. The van der Waals surface area contributed by atoms with Gasteiger partial charge in [-0.3, -0.25) is 14.6 Å². The number of urea groups is 1. The summed E-state index contributed by atoms with van der Waals surface area (Å²) < 4.78 is 14.3. The van der Waals surface area contributed by atoms with Crippen LogP contribution in [0.15, 0.2) is 23.6 Å². The molecule has 2 heterocycles. The average Bonchev–Trinajstić information content (AvgIpc) is 2.92. The molecule has 21 heavy (non-hydrogen) atoms. The van der Waals surface area contributed by atoms with E-state index in [-0.39, 0.29) is 18.4 Å². The molecule has 110 valence electrons. The molecule has 0 spiro atoms. The van der Waals surface area contributed by atoms with E-state index < -0.39 is 5.91 Å². The molecule has 0 saturated carbocycles. The maximum atomic E-state index is 13.7. The van der Waals surface area contributed by atoms with Crippen molar-refractivity contribution in [3.8, 4) is 0 Å². The predicted octanol–water partition coefficient (Wildman–Crippen LogP) is 2.16.